The fraction of sp³-hybridized carbons (Fsp3) is 0.0500. The van der Waals surface area contributed by atoms with Crippen LogP contribution in [0.2, 0.25) is 0 Å². The van der Waals surface area contributed by atoms with Crippen LogP contribution in [0.1, 0.15) is 11.3 Å². The molecular weight excluding hydrogens is 383 g/mol. The fourth-order valence-corrected chi connectivity index (χ4v) is 2.86. The van der Waals surface area contributed by atoms with Crippen LogP contribution < -0.4 is 11.1 Å². The predicted octanol–water partition coefficient (Wildman–Crippen LogP) is 4.47. The highest BCUT2D eigenvalue weighted by Gasteiger charge is 2.16. The number of rotatable bonds is 5. The van der Waals surface area contributed by atoms with Crippen molar-refractivity contribution in [2.24, 2.45) is 0 Å². The maximum absolute atomic E-state index is 13.9. The first-order valence-electron chi connectivity index (χ1n) is 8.52. The zero-order chi connectivity index (χ0) is 20.4. The van der Waals surface area contributed by atoms with Gasteiger partial charge < -0.3 is 15.6 Å². The van der Waals surface area contributed by atoms with E-state index in [2.05, 4.69) is 20.4 Å². The van der Waals surface area contributed by atoms with Gasteiger partial charge in [-0.15, -0.1) is 0 Å². The average Bonchev–Trinajstić information content (AvgIpc) is 3.17. The van der Waals surface area contributed by atoms with Crippen LogP contribution in [-0.2, 0) is 6.42 Å². The molecule has 0 unspecified atom stereocenters. The van der Waals surface area contributed by atoms with E-state index in [4.69, 9.17) is 10.3 Å². The van der Waals surface area contributed by atoms with E-state index in [9.17, 15) is 13.2 Å². The van der Waals surface area contributed by atoms with Crippen molar-refractivity contribution in [3.05, 3.63) is 83.8 Å². The third-order valence-corrected chi connectivity index (χ3v) is 4.27. The van der Waals surface area contributed by atoms with Gasteiger partial charge in [0.25, 0.3) is 0 Å². The second-order valence-corrected chi connectivity index (χ2v) is 6.19. The number of nitrogens with two attached hydrogens (primary N) is 1. The molecule has 0 saturated carbocycles. The van der Waals surface area contributed by atoms with Crippen LogP contribution in [0.15, 0.2) is 59.6 Å². The van der Waals surface area contributed by atoms with Gasteiger partial charge in [-0.3, -0.25) is 0 Å². The normalized spacial score (nSPS) is 10.9. The topological polar surface area (TPSA) is 89.9 Å². The van der Waals surface area contributed by atoms with E-state index in [-0.39, 0.29) is 11.5 Å². The monoisotopic (exact) mass is 397 g/mol. The number of hydrogen-bond acceptors (Lipinski definition) is 6. The molecule has 3 aromatic heterocycles. The van der Waals surface area contributed by atoms with E-state index in [1.165, 1.54) is 12.5 Å². The Morgan fingerprint density at radius 2 is 1.83 bits per heavy atom. The zero-order valence-corrected chi connectivity index (χ0v) is 14.9. The van der Waals surface area contributed by atoms with Crippen LogP contribution in [0.4, 0.5) is 30.5 Å². The molecule has 0 amide bonds. The van der Waals surface area contributed by atoms with Crippen LogP contribution in [-0.4, -0.2) is 15.1 Å². The van der Waals surface area contributed by atoms with Crippen molar-refractivity contribution in [1.82, 2.24) is 15.1 Å². The fourth-order valence-electron chi connectivity index (χ4n) is 2.86. The van der Waals surface area contributed by atoms with E-state index in [0.717, 1.165) is 17.7 Å². The quantitative estimate of drug-likeness (QED) is 0.483. The number of aromatic nitrogens is 3. The number of nitrogen functional groups attached to an aromatic ring is 1. The number of benzene rings is 1. The van der Waals surface area contributed by atoms with Gasteiger partial charge in [0, 0.05) is 29.9 Å². The van der Waals surface area contributed by atoms with Crippen molar-refractivity contribution in [2.45, 2.75) is 6.42 Å². The molecular formula is C20H14F3N5O. The molecule has 3 heterocycles. The molecule has 0 radical (unpaired) electrons. The van der Waals surface area contributed by atoms with E-state index in [1.54, 1.807) is 24.4 Å². The molecule has 3 N–H and O–H groups in total. The summed E-state index contributed by atoms with van der Waals surface area (Å²) in [6.45, 7) is 0. The minimum Gasteiger partial charge on any atom is -0.383 e. The van der Waals surface area contributed by atoms with E-state index >= 15 is 0 Å². The Morgan fingerprint density at radius 1 is 0.966 bits per heavy atom. The molecule has 4 aromatic rings. The Balaban J connectivity index is 1.59. The van der Waals surface area contributed by atoms with Gasteiger partial charge in [0.1, 0.15) is 17.9 Å². The predicted molar refractivity (Wildman–Crippen MR) is 101 cm³/mol. The number of nitrogens with one attached hydrogen (secondary N) is 1. The van der Waals surface area contributed by atoms with Gasteiger partial charge in [-0.1, -0.05) is 5.16 Å². The Morgan fingerprint density at radius 3 is 2.66 bits per heavy atom. The molecule has 4 rings (SSSR count). The molecule has 0 aliphatic heterocycles. The van der Waals surface area contributed by atoms with Crippen molar-refractivity contribution in [1.29, 1.82) is 0 Å². The second kappa shape index (κ2) is 7.63. The summed E-state index contributed by atoms with van der Waals surface area (Å²) in [6, 6.07) is 8.90. The highest BCUT2D eigenvalue weighted by Crippen LogP contribution is 2.29. The molecule has 0 aliphatic carbocycles. The number of hydrogen-bond donors (Lipinski definition) is 2. The summed E-state index contributed by atoms with van der Waals surface area (Å²) in [5.41, 5.74) is 8.51. The summed E-state index contributed by atoms with van der Waals surface area (Å²) in [6.07, 6.45) is 4.95. The number of pyridine rings is 2. The van der Waals surface area contributed by atoms with Crippen LogP contribution in [0.3, 0.4) is 0 Å². The first kappa shape index (κ1) is 18.5. The van der Waals surface area contributed by atoms with Crippen molar-refractivity contribution in [3.63, 3.8) is 0 Å². The second-order valence-electron chi connectivity index (χ2n) is 6.19. The van der Waals surface area contributed by atoms with Gasteiger partial charge in [0.2, 0.25) is 0 Å². The zero-order valence-electron chi connectivity index (χ0n) is 14.9. The van der Waals surface area contributed by atoms with E-state index < -0.39 is 17.5 Å². The Bertz CT molecular complexity index is 1180. The minimum absolute atomic E-state index is 0.223. The van der Waals surface area contributed by atoms with Crippen molar-refractivity contribution >= 4 is 17.3 Å². The van der Waals surface area contributed by atoms with Gasteiger partial charge >= 0.3 is 0 Å². The lowest BCUT2D eigenvalue weighted by Gasteiger charge is -2.09. The summed E-state index contributed by atoms with van der Waals surface area (Å²) < 4.78 is 45.5. The van der Waals surface area contributed by atoms with E-state index in [0.29, 0.717) is 29.1 Å². The Hall–Kier alpha value is -3.88. The van der Waals surface area contributed by atoms with Crippen molar-refractivity contribution < 1.29 is 17.7 Å². The summed E-state index contributed by atoms with van der Waals surface area (Å²) >= 11 is 0. The van der Waals surface area contributed by atoms with Crippen molar-refractivity contribution in [2.75, 3.05) is 11.1 Å². The molecule has 0 atom stereocenters. The standard InChI is InChI=1S/C20H14F3N5O/c21-14-3-4-15(19(23)18(14)22)27-17-9-11(5-7-25-17)8-16-13(10-29-28-16)12-2-1-6-26-20(12)24/h1-7,9-10H,8H2,(H2,24,26)(H,25,27). The van der Waals surface area contributed by atoms with Crippen LogP contribution in [0, 0.1) is 17.5 Å². The highest BCUT2D eigenvalue weighted by atomic mass is 19.2. The van der Waals surface area contributed by atoms with Gasteiger partial charge in [-0.2, -0.15) is 0 Å². The van der Waals surface area contributed by atoms with Gasteiger partial charge in [-0.05, 0) is 42.0 Å². The molecule has 146 valence electrons. The summed E-state index contributed by atoms with van der Waals surface area (Å²) in [4.78, 5) is 8.15. The summed E-state index contributed by atoms with van der Waals surface area (Å²) in [7, 11) is 0. The third-order valence-electron chi connectivity index (χ3n) is 4.27. The number of anilines is 3. The lowest BCUT2D eigenvalue weighted by atomic mass is 10.0. The highest BCUT2D eigenvalue weighted by molar-refractivity contribution is 5.74. The molecule has 6 nitrogen and oxygen atoms in total. The average molecular weight is 397 g/mol. The smallest absolute Gasteiger partial charge is 0.196 e. The van der Waals surface area contributed by atoms with Crippen LogP contribution >= 0.6 is 0 Å². The van der Waals surface area contributed by atoms with Gasteiger partial charge in [-0.25, -0.2) is 23.1 Å². The molecule has 9 heteroatoms. The first-order chi connectivity index (χ1) is 14.0. The lowest BCUT2D eigenvalue weighted by Crippen LogP contribution is -2.01. The minimum atomic E-state index is -1.55. The van der Waals surface area contributed by atoms with Crippen molar-refractivity contribution in [3.8, 4) is 11.1 Å². The maximum atomic E-state index is 13.9. The first-order valence-corrected chi connectivity index (χ1v) is 8.52. The summed E-state index contributed by atoms with van der Waals surface area (Å²) in [5.74, 6) is -3.51. The SMILES string of the molecule is Nc1ncccc1-c1conc1Cc1ccnc(Nc2ccc(F)c(F)c2F)c1. The third kappa shape index (κ3) is 3.75. The molecule has 0 fully saturated rings. The maximum Gasteiger partial charge on any atom is 0.196 e. The van der Waals surface area contributed by atoms with Crippen LogP contribution in [0.25, 0.3) is 11.1 Å². The van der Waals surface area contributed by atoms with E-state index in [1.807, 2.05) is 6.07 Å². The molecule has 29 heavy (non-hydrogen) atoms. The molecule has 0 bridgehead atoms. The molecule has 0 aliphatic rings. The van der Waals surface area contributed by atoms with Gasteiger partial charge in [0.15, 0.2) is 17.5 Å². The number of nitrogens with zero attached hydrogens (tertiary/aromatic N) is 3. The Labute approximate surface area is 163 Å². The Kier molecular flexibility index (Phi) is 4.86. The largest absolute Gasteiger partial charge is 0.383 e. The number of halogens is 3. The summed E-state index contributed by atoms with van der Waals surface area (Å²) in [5, 5.41) is 6.68. The molecule has 1 aromatic carbocycles. The van der Waals surface area contributed by atoms with Gasteiger partial charge in [0.05, 0.1) is 11.4 Å². The lowest BCUT2D eigenvalue weighted by molar-refractivity contribution is 0.413. The van der Waals surface area contributed by atoms with Crippen LogP contribution in [0.5, 0.6) is 0 Å². The molecule has 0 spiro atoms. The molecule has 0 saturated heterocycles.